The van der Waals surface area contributed by atoms with Gasteiger partial charge in [0, 0.05) is 24.8 Å². The van der Waals surface area contributed by atoms with E-state index >= 15 is 0 Å². The molecule has 0 amide bonds. The highest BCUT2D eigenvalue weighted by molar-refractivity contribution is 14.0. The molecule has 5 heteroatoms. The van der Waals surface area contributed by atoms with Gasteiger partial charge in [-0.15, -0.1) is 24.0 Å². The normalized spacial score (nSPS) is 22.9. The van der Waals surface area contributed by atoms with Crippen LogP contribution in [-0.4, -0.2) is 36.5 Å². The van der Waals surface area contributed by atoms with E-state index in [1.807, 2.05) is 12.1 Å². The molecule has 1 saturated heterocycles. The zero-order valence-electron chi connectivity index (χ0n) is 12.6. The number of likely N-dealkylation sites (tertiary alicyclic amines) is 1. The number of aryl methyl sites for hydroxylation is 1. The quantitative estimate of drug-likeness (QED) is 0.464. The van der Waals surface area contributed by atoms with Gasteiger partial charge in [-0.3, -0.25) is 4.99 Å². The lowest BCUT2D eigenvalue weighted by Crippen LogP contribution is -2.25. The van der Waals surface area contributed by atoms with Gasteiger partial charge in [0.15, 0.2) is 5.96 Å². The lowest BCUT2D eigenvalue weighted by molar-refractivity contribution is 0.315. The van der Waals surface area contributed by atoms with Gasteiger partial charge in [-0.1, -0.05) is 17.7 Å². The molecule has 0 aromatic heterocycles. The van der Waals surface area contributed by atoms with Crippen LogP contribution in [0.2, 0.25) is 0 Å². The maximum Gasteiger partial charge on any atom is 0.193 e. The van der Waals surface area contributed by atoms with Crippen molar-refractivity contribution in [2.45, 2.75) is 32.2 Å². The number of nitrogens with two attached hydrogens (primary N) is 1. The molecule has 1 atom stereocenters. The lowest BCUT2D eigenvalue weighted by Gasteiger charge is -2.13. The van der Waals surface area contributed by atoms with E-state index in [1.54, 1.807) is 0 Å². The molecule has 1 aliphatic carbocycles. The summed E-state index contributed by atoms with van der Waals surface area (Å²) in [5.41, 5.74) is 8.20. The van der Waals surface area contributed by atoms with Crippen LogP contribution in [0.3, 0.4) is 0 Å². The van der Waals surface area contributed by atoms with Crippen molar-refractivity contribution in [2.24, 2.45) is 16.6 Å². The Morgan fingerprint density at radius 1 is 1.29 bits per heavy atom. The van der Waals surface area contributed by atoms with E-state index in [9.17, 15) is 0 Å². The summed E-state index contributed by atoms with van der Waals surface area (Å²) < 4.78 is 0. The summed E-state index contributed by atoms with van der Waals surface area (Å²) in [6.45, 7) is 5.36. The van der Waals surface area contributed by atoms with Crippen LogP contribution < -0.4 is 11.1 Å². The summed E-state index contributed by atoms with van der Waals surface area (Å²) in [5, 5.41) is 3.15. The smallest absolute Gasteiger partial charge is 0.193 e. The van der Waals surface area contributed by atoms with Crippen molar-refractivity contribution in [3.8, 4) is 0 Å². The number of nitrogens with zero attached hydrogens (tertiary/aromatic N) is 2. The van der Waals surface area contributed by atoms with Crippen molar-refractivity contribution in [3.05, 3.63) is 29.8 Å². The number of halogens is 1. The third-order valence-electron chi connectivity index (χ3n) is 4.22. The topological polar surface area (TPSA) is 53.6 Å². The van der Waals surface area contributed by atoms with Crippen molar-refractivity contribution in [1.29, 1.82) is 0 Å². The summed E-state index contributed by atoms with van der Waals surface area (Å²) in [6.07, 6.45) is 4.05. The van der Waals surface area contributed by atoms with Crippen molar-refractivity contribution in [1.82, 2.24) is 4.90 Å². The molecule has 3 N–H and O–H groups in total. The first-order chi connectivity index (χ1) is 9.70. The highest BCUT2D eigenvalue weighted by atomic mass is 127. The van der Waals surface area contributed by atoms with Gasteiger partial charge < -0.3 is 16.0 Å². The van der Waals surface area contributed by atoms with Crippen molar-refractivity contribution < 1.29 is 0 Å². The highest BCUT2D eigenvalue weighted by Crippen LogP contribution is 2.31. The fourth-order valence-corrected chi connectivity index (χ4v) is 2.83. The summed E-state index contributed by atoms with van der Waals surface area (Å²) in [7, 11) is 0. The second-order valence-electron chi connectivity index (χ2n) is 6.10. The van der Waals surface area contributed by atoms with Crippen LogP contribution in [0, 0.1) is 12.8 Å². The van der Waals surface area contributed by atoms with Crippen LogP contribution in [0.4, 0.5) is 5.69 Å². The van der Waals surface area contributed by atoms with Gasteiger partial charge in [0.05, 0.1) is 0 Å². The van der Waals surface area contributed by atoms with Crippen LogP contribution in [0.25, 0.3) is 0 Å². The maximum atomic E-state index is 5.95. The van der Waals surface area contributed by atoms with Crippen molar-refractivity contribution >= 4 is 35.6 Å². The summed E-state index contributed by atoms with van der Waals surface area (Å²) in [4.78, 5) is 7.11. The Labute approximate surface area is 144 Å². The van der Waals surface area contributed by atoms with Crippen molar-refractivity contribution in [2.75, 3.05) is 25.0 Å². The van der Waals surface area contributed by atoms with E-state index in [-0.39, 0.29) is 24.0 Å². The Bertz CT molecular complexity index is 482. The molecule has 1 saturated carbocycles. The molecule has 1 aliphatic heterocycles. The van der Waals surface area contributed by atoms with Gasteiger partial charge in [-0.25, -0.2) is 0 Å². The molecule has 1 unspecified atom stereocenters. The Kier molecular flexibility index (Phi) is 5.87. The predicted octanol–water partition coefficient (Wildman–Crippen LogP) is 2.82. The first-order valence-electron chi connectivity index (χ1n) is 7.58. The number of aliphatic imine (C=N–C) groups is 1. The molecule has 4 nitrogen and oxygen atoms in total. The number of hydrogen-bond donors (Lipinski definition) is 2. The maximum absolute atomic E-state index is 5.95. The van der Waals surface area contributed by atoms with E-state index in [2.05, 4.69) is 34.3 Å². The van der Waals surface area contributed by atoms with E-state index in [0.29, 0.717) is 11.9 Å². The zero-order chi connectivity index (χ0) is 13.9. The third kappa shape index (κ3) is 4.85. The highest BCUT2D eigenvalue weighted by Gasteiger charge is 2.34. The van der Waals surface area contributed by atoms with Gasteiger partial charge in [-0.2, -0.15) is 0 Å². The van der Waals surface area contributed by atoms with E-state index < -0.39 is 0 Å². The number of benzene rings is 1. The SMILES string of the molecule is Cc1ccc(NC(N)=NCC2CCN(C3CC3)C2)cc1.I. The number of hydrogen-bond acceptors (Lipinski definition) is 2. The Morgan fingerprint density at radius 3 is 2.67 bits per heavy atom. The average molecular weight is 400 g/mol. The minimum Gasteiger partial charge on any atom is -0.370 e. The van der Waals surface area contributed by atoms with Gasteiger partial charge in [0.25, 0.3) is 0 Å². The Hall–Kier alpha value is -0.820. The minimum absolute atomic E-state index is 0. The molecule has 21 heavy (non-hydrogen) atoms. The summed E-state index contributed by atoms with van der Waals surface area (Å²) >= 11 is 0. The molecule has 1 heterocycles. The van der Waals surface area contributed by atoms with Crippen LogP contribution in [0.15, 0.2) is 29.3 Å². The summed E-state index contributed by atoms with van der Waals surface area (Å²) in [5.74, 6) is 1.20. The number of nitrogens with one attached hydrogen (secondary N) is 1. The summed E-state index contributed by atoms with van der Waals surface area (Å²) in [6, 6.07) is 9.08. The molecule has 2 fully saturated rings. The fraction of sp³-hybridized carbons (Fsp3) is 0.562. The minimum atomic E-state index is 0. The molecular formula is C16H25IN4. The molecule has 0 spiro atoms. The molecule has 0 radical (unpaired) electrons. The molecule has 116 valence electrons. The largest absolute Gasteiger partial charge is 0.370 e. The number of anilines is 1. The lowest BCUT2D eigenvalue weighted by atomic mass is 10.1. The molecule has 2 aliphatic rings. The van der Waals surface area contributed by atoms with Gasteiger partial charge in [0.2, 0.25) is 0 Å². The van der Waals surface area contributed by atoms with Crippen LogP contribution in [0.5, 0.6) is 0 Å². The third-order valence-corrected chi connectivity index (χ3v) is 4.22. The number of guanidine groups is 1. The molecule has 1 aromatic carbocycles. The average Bonchev–Trinajstić information content (AvgIpc) is 3.18. The standard InChI is InChI=1S/C16H24N4.HI/c1-12-2-4-14(5-3-12)19-16(17)18-10-13-8-9-20(11-13)15-6-7-15;/h2-5,13,15H,6-11H2,1H3,(H3,17,18,19);1H. The zero-order valence-corrected chi connectivity index (χ0v) is 14.9. The monoisotopic (exact) mass is 400 g/mol. The first kappa shape index (κ1) is 16.5. The van der Waals surface area contributed by atoms with E-state index in [1.165, 1.54) is 37.9 Å². The second-order valence-corrected chi connectivity index (χ2v) is 6.10. The second kappa shape index (κ2) is 7.45. The van der Waals surface area contributed by atoms with E-state index in [0.717, 1.165) is 18.3 Å². The number of rotatable bonds is 4. The molecule has 0 bridgehead atoms. The van der Waals surface area contributed by atoms with Crippen LogP contribution >= 0.6 is 24.0 Å². The van der Waals surface area contributed by atoms with Gasteiger partial charge >= 0.3 is 0 Å². The Balaban J connectivity index is 0.00000161. The first-order valence-corrected chi connectivity index (χ1v) is 7.58. The van der Waals surface area contributed by atoms with Crippen LogP contribution in [0.1, 0.15) is 24.8 Å². The van der Waals surface area contributed by atoms with Crippen molar-refractivity contribution in [3.63, 3.8) is 0 Å². The van der Waals surface area contributed by atoms with Gasteiger partial charge in [-0.05, 0) is 50.8 Å². The molecular weight excluding hydrogens is 375 g/mol. The molecule has 1 aromatic rings. The van der Waals surface area contributed by atoms with Gasteiger partial charge in [0.1, 0.15) is 0 Å². The van der Waals surface area contributed by atoms with E-state index in [4.69, 9.17) is 5.73 Å². The van der Waals surface area contributed by atoms with Crippen LogP contribution in [-0.2, 0) is 0 Å². The predicted molar refractivity (Wildman–Crippen MR) is 99.4 cm³/mol. The molecule has 3 rings (SSSR count). The fourth-order valence-electron chi connectivity index (χ4n) is 2.83. The Morgan fingerprint density at radius 2 is 2.00 bits per heavy atom.